The standard InChI is InChI=1S/C14H14F2N2O2S/c1-8-3-6-12(17)9(2)14(8)21(19,20)18-13-7-10(15)4-5-11(13)16/h3-7,18H,17H2,1-2H3. The molecule has 0 bridgehead atoms. The van der Waals surface area contributed by atoms with Crippen molar-refractivity contribution in [3.63, 3.8) is 0 Å². The number of nitrogens with two attached hydrogens (primary N) is 1. The van der Waals surface area contributed by atoms with Crippen molar-refractivity contribution >= 4 is 21.4 Å². The average molecular weight is 312 g/mol. The summed E-state index contributed by atoms with van der Waals surface area (Å²) in [5, 5.41) is 0. The first kappa shape index (κ1) is 15.2. The Labute approximate surface area is 121 Å². The van der Waals surface area contributed by atoms with Crippen LogP contribution in [-0.4, -0.2) is 8.42 Å². The number of anilines is 2. The van der Waals surface area contributed by atoms with Gasteiger partial charge in [-0.1, -0.05) is 6.07 Å². The molecule has 0 unspecified atom stereocenters. The molecule has 0 saturated heterocycles. The van der Waals surface area contributed by atoms with Crippen LogP contribution in [0.4, 0.5) is 20.2 Å². The number of aryl methyl sites for hydroxylation is 1. The molecule has 0 aromatic heterocycles. The fourth-order valence-electron chi connectivity index (χ4n) is 2.03. The van der Waals surface area contributed by atoms with Crippen molar-refractivity contribution < 1.29 is 17.2 Å². The third kappa shape index (κ3) is 2.97. The van der Waals surface area contributed by atoms with Crippen molar-refractivity contribution in [3.8, 4) is 0 Å². The number of hydrogen-bond acceptors (Lipinski definition) is 3. The van der Waals surface area contributed by atoms with E-state index in [9.17, 15) is 17.2 Å². The van der Waals surface area contributed by atoms with Gasteiger partial charge in [0.1, 0.15) is 11.6 Å². The van der Waals surface area contributed by atoms with Gasteiger partial charge in [-0.15, -0.1) is 0 Å². The van der Waals surface area contributed by atoms with E-state index in [4.69, 9.17) is 5.73 Å². The second-order valence-corrected chi connectivity index (χ2v) is 6.27. The lowest BCUT2D eigenvalue weighted by atomic mass is 10.1. The minimum Gasteiger partial charge on any atom is -0.398 e. The lowest BCUT2D eigenvalue weighted by Gasteiger charge is -2.14. The summed E-state index contributed by atoms with van der Waals surface area (Å²) in [6.45, 7) is 3.15. The highest BCUT2D eigenvalue weighted by Gasteiger charge is 2.22. The van der Waals surface area contributed by atoms with Crippen LogP contribution >= 0.6 is 0 Å². The lowest BCUT2D eigenvalue weighted by Crippen LogP contribution is -2.17. The average Bonchev–Trinajstić information content (AvgIpc) is 2.38. The first-order valence-electron chi connectivity index (χ1n) is 6.06. The zero-order valence-electron chi connectivity index (χ0n) is 11.4. The quantitative estimate of drug-likeness (QED) is 0.856. The molecule has 112 valence electrons. The molecule has 0 aliphatic rings. The highest BCUT2D eigenvalue weighted by molar-refractivity contribution is 7.92. The number of sulfonamides is 1. The molecule has 0 aliphatic heterocycles. The Kier molecular flexibility index (Phi) is 3.87. The predicted octanol–water partition coefficient (Wildman–Crippen LogP) is 2.96. The molecule has 0 aliphatic carbocycles. The van der Waals surface area contributed by atoms with Crippen LogP contribution < -0.4 is 10.5 Å². The van der Waals surface area contributed by atoms with E-state index in [1.807, 2.05) is 0 Å². The van der Waals surface area contributed by atoms with Crippen molar-refractivity contribution in [2.75, 3.05) is 10.5 Å². The summed E-state index contributed by atoms with van der Waals surface area (Å²) in [6, 6.07) is 5.69. The monoisotopic (exact) mass is 312 g/mol. The fraction of sp³-hybridized carbons (Fsp3) is 0.143. The van der Waals surface area contributed by atoms with Crippen molar-refractivity contribution in [2.24, 2.45) is 0 Å². The molecule has 0 heterocycles. The molecule has 0 saturated carbocycles. The van der Waals surface area contributed by atoms with Gasteiger partial charge in [0.2, 0.25) is 0 Å². The largest absolute Gasteiger partial charge is 0.398 e. The second-order valence-electron chi connectivity index (χ2n) is 4.66. The van der Waals surface area contributed by atoms with Crippen molar-refractivity contribution in [2.45, 2.75) is 18.7 Å². The van der Waals surface area contributed by atoms with Gasteiger partial charge in [0.15, 0.2) is 0 Å². The highest BCUT2D eigenvalue weighted by Crippen LogP contribution is 2.27. The molecule has 0 fully saturated rings. The van der Waals surface area contributed by atoms with Gasteiger partial charge in [-0.3, -0.25) is 4.72 Å². The minimum atomic E-state index is -4.07. The van der Waals surface area contributed by atoms with E-state index in [-0.39, 0.29) is 4.90 Å². The molecule has 4 nitrogen and oxygen atoms in total. The Morgan fingerprint density at radius 1 is 1.10 bits per heavy atom. The Hall–Kier alpha value is -2.15. The number of nitrogen functional groups attached to an aromatic ring is 1. The van der Waals surface area contributed by atoms with E-state index in [1.165, 1.54) is 0 Å². The molecule has 3 N–H and O–H groups in total. The second kappa shape index (κ2) is 5.33. The molecule has 0 amide bonds. The molecule has 21 heavy (non-hydrogen) atoms. The zero-order valence-corrected chi connectivity index (χ0v) is 12.3. The summed E-state index contributed by atoms with van der Waals surface area (Å²) >= 11 is 0. The maximum Gasteiger partial charge on any atom is 0.262 e. The van der Waals surface area contributed by atoms with Gasteiger partial charge in [0.05, 0.1) is 10.6 Å². The number of rotatable bonds is 3. The minimum absolute atomic E-state index is 0.0360. The van der Waals surface area contributed by atoms with E-state index in [1.54, 1.807) is 26.0 Å². The van der Waals surface area contributed by atoms with Crippen LogP contribution in [-0.2, 0) is 10.0 Å². The van der Waals surface area contributed by atoms with Crippen LogP contribution in [0.2, 0.25) is 0 Å². The Bertz CT molecular complexity index is 805. The van der Waals surface area contributed by atoms with E-state index in [0.717, 1.165) is 18.2 Å². The fourth-order valence-corrected chi connectivity index (χ4v) is 3.59. The van der Waals surface area contributed by atoms with Gasteiger partial charge < -0.3 is 5.73 Å². The normalized spacial score (nSPS) is 11.4. The van der Waals surface area contributed by atoms with E-state index in [0.29, 0.717) is 16.8 Å². The highest BCUT2D eigenvalue weighted by atomic mass is 32.2. The molecule has 0 atom stereocenters. The van der Waals surface area contributed by atoms with Crippen LogP contribution in [0.25, 0.3) is 0 Å². The van der Waals surface area contributed by atoms with Gasteiger partial charge >= 0.3 is 0 Å². The first-order chi connectivity index (χ1) is 9.72. The number of benzene rings is 2. The molecule has 0 radical (unpaired) electrons. The maximum atomic E-state index is 13.6. The predicted molar refractivity (Wildman–Crippen MR) is 77.5 cm³/mol. The van der Waals surface area contributed by atoms with E-state index in [2.05, 4.69) is 4.72 Å². The topological polar surface area (TPSA) is 72.2 Å². The molecular weight excluding hydrogens is 298 g/mol. The van der Waals surface area contributed by atoms with Gasteiger partial charge in [-0.25, -0.2) is 17.2 Å². The zero-order chi connectivity index (χ0) is 15.8. The Morgan fingerprint density at radius 3 is 2.43 bits per heavy atom. The van der Waals surface area contributed by atoms with Crippen LogP contribution in [0.1, 0.15) is 11.1 Å². The summed E-state index contributed by atoms with van der Waals surface area (Å²) in [5.74, 6) is -1.60. The maximum absolute atomic E-state index is 13.6. The van der Waals surface area contributed by atoms with Gasteiger partial charge in [-0.05, 0) is 43.2 Å². The first-order valence-corrected chi connectivity index (χ1v) is 7.54. The molecule has 2 rings (SSSR count). The summed E-state index contributed by atoms with van der Waals surface area (Å²) in [7, 11) is -4.07. The van der Waals surface area contributed by atoms with Crippen molar-refractivity contribution in [1.29, 1.82) is 0 Å². The molecule has 2 aromatic rings. The molecule has 0 spiro atoms. The van der Waals surface area contributed by atoms with Gasteiger partial charge in [0, 0.05) is 11.8 Å². The van der Waals surface area contributed by atoms with Crippen LogP contribution in [0.15, 0.2) is 35.2 Å². The Balaban J connectivity index is 2.54. The van der Waals surface area contributed by atoms with Crippen LogP contribution in [0.3, 0.4) is 0 Å². The Morgan fingerprint density at radius 2 is 1.76 bits per heavy atom. The summed E-state index contributed by atoms with van der Waals surface area (Å²) in [6.07, 6.45) is 0. The summed E-state index contributed by atoms with van der Waals surface area (Å²) in [4.78, 5) is -0.0360. The summed E-state index contributed by atoms with van der Waals surface area (Å²) < 4.78 is 53.6. The molecular formula is C14H14F2N2O2S. The van der Waals surface area contributed by atoms with Crippen molar-refractivity contribution in [3.05, 3.63) is 53.1 Å². The van der Waals surface area contributed by atoms with E-state index < -0.39 is 27.3 Å². The van der Waals surface area contributed by atoms with Crippen molar-refractivity contribution in [1.82, 2.24) is 0 Å². The lowest BCUT2D eigenvalue weighted by molar-refractivity contribution is 0.593. The summed E-state index contributed by atoms with van der Waals surface area (Å²) in [5.41, 5.74) is 6.39. The molecule has 7 heteroatoms. The van der Waals surface area contributed by atoms with Crippen LogP contribution in [0, 0.1) is 25.5 Å². The smallest absolute Gasteiger partial charge is 0.262 e. The van der Waals surface area contributed by atoms with Gasteiger partial charge in [0.25, 0.3) is 10.0 Å². The third-order valence-corrected chi connectivity index (χ3v) is 4.74. The number of nitrogens with one attached hydrogen (secondary N) is 1. The number of hydrogen-bond donors (Lipinski definition) is 2. The van der Waals surface area contributed by atoms with E-state index >= 15 is 0 Å². The van der Waals surface area contributed by atoms with Gasteiger partial charge in [-0.2, -0.15) is 0 Å². The number of halogens is 2. The SMILES string of the molecule is Cc1ccc(N)c(C)c1S(=O)(=O)Nc1cc(F)ccc1F. The molecule has 2 aromatic carbocycles. The third-order valence-electron chi connectivity index (χ3n) is 3.09. The van der Waals surface area contributed by atoms with Crippen LogP contribution in [0.5, 0.6) is 0 Å².